The van der Waals surface area contributed by atoms with E-state index in [2.05, 4.69) is 0 Å². The first kappa shape index (κ1) is 15.2. The Morgan fingerprint density at radius 1 is 1.40 bits per heavy atom. The van der Waals surface area contributed by atoms with Gasteiger partial charge in [-0.2, -0.15) is 0 Å². The summed E-state index contributed by atoms with van der Waals surface area (Å²) in [6, 6.07) is 2.68. The summed E-state index contributed by atoms with van der Waals surface area (Å²) >= 11 is 0. The first-order valence-corrected chi connectivity index (χ1v) is 5.43. The zero-order chi connectivity index (χ0) is 15.4. The fourth-order valence-electron chi connectivity index (χ4n) is 1.63. The maximum absolute atomic E-state index is 11.0. The van der Waals surface area contributed by atoms with E-state index in [0.717, 1.165) is 6.08 Å². The molecule has 0 fully saturated rings. The summed E-state index contributed by atoms with van der Waals surface area (Å²) in [5, 5.41) is 28.6. The molecule has 0 radical (unpaired) electrons. The summed E-state index contributed by atoms with van der Waals surface area (Å²) in [7, 11) is 0. The smallest absolute Gasteiger partial charge is 0.332 e. The van der Waals surface area contributed by atoms with Crippen molar-refractivity contribution in [3.05, 3.63) is 38.9 Å². The molecule has 0 atom stereocenters. The van der Waals surface area contributed by atoms with Crippen LogP contribution >= 0.6 is 0 Å². The average Bonchev–Trinajstić information content (AvgIpc) is 2.31. The second kappa shape index (κ2) is 5.83. The number of rotatable bonds is 5. The summed E-state index contributed by atoms with van der Waals surface area (Å²) in [5.41, 5.74) is 5.17. The van der Waals surface area contributed by atoms with Crippen LogP contribution in [-0.4, -0.2) is 27.1 Å². The Bertz CT molecular complexity index is 621. The molecule has 1 aromatic rings. The first-order valence-electron chi connectivity index (χ1n) is 5.43. The predicted molar refractivity (Wildman–Crippen MR) is 70.1 cm³/mol. The van der Waals surface area contributed by atoms with Crippen molar-refractivity contribution < 1.29 is 24.7 Å². The first-order chi connectivity index (χ1) is 9.23. The summed E-state index contributed by atoms with van der Waals surface area (Å²) in [5.74, 6) is -2.79. The lowest BCUT2D eigenvalue weighted by Gasteiger charge is -2.05. The molecule has 8 heteroatoms. The van der Waals surface area contributed by atoms with Gasteiger partial charge in [-0.05, 0) is 25.1 Å². The van der Waals surface area contributed by atoms with Crippen LogP contribution in [0.3, 0.4) is 0 Å². The van der Waals surface area contributed by atoms with Gasteiger partial charge in [0, 0.05) is 11.3 Å². The molecule has 0 aromatic heterocycles. The van der Waals surface area contributed by atoms with Gasteiger partial charge >= 0.3 is 11.9 Å². The van der Waals surface area contributed by atoms with Crippen LogP contribution in [0.1, 0.15) is 17.5 Å². The van der Waals surface area contributed by atoms with Crippen LogP contribution in [0.2, 0.25) is 0 Å². The monoisotopic (exact) mass is 280 g/mol. The van der Waals surface area contributed by atoms with Gasteiger partial charge in [0.15, 0.2) is 0 Å². The van der Waals surface area contributed by atoms with E-state index >= 15 is 0 Å². The van der Waals surface area contributed by atoms with Gasteiger partial charge in [0.25, 0.3) is 5.69 Å². The van der Waals surface area contributed by atoms with Gasteiger partial charge in [0.1, 0.15) is 0 Å². The van der Waals surface area contributed by atoms with Crippen LogP contribution < -0.4 is 5.73 Å². The standard InChI is InChI=1S/C12H12N2O6/c1-6-9(13)3-2-7(11(6)14(19)20)4-8(12(17)18)5-10(15)16/h2-4H,5,13H2,1H3,(H,15,16)(H,17,18)/b8-4-. The minimum Gasteiger partial charge on any atom is -0.481 e. The maximum atomic E-state index is 11.0. The molecule has 0 bridgehead atoms. The summed E-state index contributed by atoms with van der Waals surface area (Å²) in [6.07, 6.45) is 0.233. The Balaban J connectivity index is 3.45. The summed E-state index contributed by atoms with van der Waals surface area (Å²) < 4.78 is 0. The molecule has 0 heterocycles. The number of benzene rings is 1. The highest BCUT2D eigenvalue weighted by Gasteiger charge is 2.20. The lowest BCUT2D eigenvalue weighted by molar-refractivity contribution is -0.385. The quantitative estimate of drug-likeness (QED) is 0.320. The van der Waals surface area contributed by atoms with E-state index in [0.29, 0.717) is 0 Å². The largest absolute Gasteiger partial charge is 0.481 e. The van der Waals surface area contributed by atoms with Crippen molar-refractivity contribution in [3.63, 3.8) is 0 Å². The van der Waals surface area contributed by atoms with Crippen molar-refractivity contribution >= 4 is 29.4 Å². The van der Waals surface area contributed by atoms with Gasteiger partial charge in [-0.3, -0.25) is 14.9 Å². The zero-order valence-corrected chi connectivity index (χ0v) is 10.5. The average molecular weight is 280 g/mol. The molecule has 0 aliphatic rings. The van der Waals surface area contributed by atoms with Crippen LogP contribution in [0.25, 0.3) is 6.08 Å². The molecule has 0 saturated carbocycles. The predicted octanol–water partition coefficient (Wildman–Crippen LogP) is 1.43. The van der Waals surface area contributed by atoms with Crippen molar-refractivity contribution in [2.24, 2.45) is 0 Å². The topological polar surface area (TPSA) is 144 Å². The highest BCUT2D eigenvalue weighted by atomic mass is 16.6. The molecule has 8 nitrogen and oxygen atoms in total. The van der Waals surface area contributed by atoms with Crippen molar-refractivity contribution in [1.82, 2.24) is 0 Å². The van der Waals surface area contributed by atoms with Gasteiger partial charge in [-0.15, -0.1) is 0 Å². The van der Waals surface area contributed by atoms with E-state index in [9.17, 15) is 19.7 Å². The van der Waals surface area contributed by atoms with E-state index in [-0.39, 0.29) is 22.5 Å². The molecule has 0 aliphatic carbocycles. The Hall–Kier alpha value is -2.90. The van der Waals surface area contributed by atoms with Gasteiger partial charge in [0.05, 0.1) is 22.5 Å². The normalized spacial score (nSPS) is 11.2. The van der Waals surface area contributed by atoms with Crippen LogP contribution in [0.5, 0.6) is 0 Å². The van der Waals surface area contributed by atoms with Crippen LogP contribution in [0, 0.1) is 17.0 Å². The third-order valence-electron chi connectivity index (χ3n) is 2.63. The van der Waals surface area contributed by atoms with Crippen LogP contribution in [0.4, 0.5) is 11.4 Å². The Morgan fingerprint density at radius 3 is 2.45 bits per heavy atom. The number of anilines is 1. The molecule has 0 unspecified atom stereocenters. The van der Waals surface area contributed by atoms with Gasteiger partial charge in [0.2, 0.25) is 0 Å². The number of carboxylic acids is 2. The Labute approximate surface area is 113 Å². The minimum atomic E-state index is -1.45. The summed E-state index contributed by atoms with van der Waals surface area (Å²) in [4.78, 5) is 31.9. The number of carboxylic acid groups (broad SMARTS) is 2. The molecule has 20 heavy (non-hydrogen) atoms. The van der Waals surface area contributed by atoms with Crippen molar-refractivity contribution in [2.45, 2.75) is 13.3 Å². The Kier molecular flexibility index (Phi) is 4.42. The van der Waals surface area contributed by atoms with E-state index < -0.39 is 28.9 Å². The second-order valence-corrected chi connectivity index (χ2v) is 4.02. The number of nitrogen functional groups attached to an aromatic ring is 1. The van der Waals surface area contributed by atoms with Crippen molar-refractivity contribution in [2.75, 3.05) is 5.73 Å². The fourth-order valence-corrected chi connectivity index (χ4v) is 1.63. The number of nitrogens with zero attached hydrogens (tertiary/aromatic N) is 1. The number of carbonyl (C=O) groups is 2. The van der Waals surface area contributed by atoms with E-state index in [1.807, 2.05) is 0 Å². The molecular formula is C12H12N2O6. The Morgan fingerprint density at radius 2 is 2.00 bits per heavy atom. The van der Waals surface area contributed by atoms with Crippen LogP contribution in [-0.2, 0) is 9.59 Å². The fraction of sp³-hybridized carbons (Fsp3) is 0.167. The number of hydrogen-bond acceptors (Lipinski definition) is 5. The van der Waals surface area contributed by atoms with Gasteiger partial charge in [-0.25, -0.2) is 4.79 Å². The molecule has 0 spiro atoms. The highest BCUT2D eigenvalue weighted by Crippen LogP contribution is 2.30. The van der Waals surface area contributed by atoms with Gasteiger partial charge in [-0.1, -0.05) is 0 Å². The number of nitrogens with two attached hydrogens (primary N) is 1. The number of nitro benzene ring substituents is 1. The minimum absolute atomic E-state index is 0.000324. The third-order valence-corrected chi connectivity index (χ3v) is 2.63. The molecule has 0 saturated heterocycles. The molecule has 4 N–H and O–H groups in total. The molecule has 0 amide bonds. The molecular weight excluding hydrogens is 268 g/mol. The van der Waals surface area contributed by atoms with E-state index in [1.165, 1.54) is 19.1 Å². The number of hydrogen-bond donors (Lipinski definition) is 3. The van der Waals surface area contributed by atoms with E-state index in [4.69, 9.17) is 15.9 Å². The van der Waals surface area contributed by atoms with E-state index in [1.54, 1.807) is 0 Å². The second-order valence-electron chi connectivity index (χ2n) is 4.02. The maximum Gasteiger partial charge on any atom is 0.332 e. The lowest BCUT2D eigenvalue weighted by atomic mass is 10.0. The lowest BCUT2D eigenvalue weighted by Crippen LogP contribution is -2.07. The summed E-state index contributed by atoms with van der Waals surface area (Å²) in [6.45, 7) is 1.43. The van der Waals surface area contributed by atoms with Gasteiger partial charge < -0.3 is 15.9 Å². The number of nitro groups is 1. The highest BCUT2D eigenvalue weighted by molar-refractivity contribution is 5.97. The molecule has 1 rings (SSSR count). The van der Waals surface area contributed by atoms with Crippen molar-refractivity contribution in [3.8, 4) is 0 Å². The SMILES string of the molecule is Cc1c(N)ccc(/C=C(/CC(=O)O)C(=O)O)c1[N+](=O)[O-]. The zero-order valence-electron chi connectivity index (χ0n) is 10.5. The third kappa shape index (κ3) is 3.31. The molecule has 0 aliphatic heterocycles. The molecule has 1 aromatic carbocycles. The van der Waals surface area contributed by atoms with Crippen LogP contribution in [0.15, 0.2) is 17.7 Å². The van der Waals surface area contributed by atoms with Crippen molar-refractivity contribution in [1.29, 1.82) is 0 Å². The molecule has 106 valence electrons. The number of aliphatic carboxylic acids is 2.